The van der Waals surface area contributed by atoms with E-state index in [1.807, 2.05) is 12.1 Å². The molecule has 2 N–H and O–H groups in total. The summed E-state index contributed by atoms with van der Waals surface area (Å²) in [7, 11) is 0. The second kappa shape index (κ2) is 4.87. The molecule has 0 aromatic heterocycles. The highest BCUT2D eigenvalue weighted by Gasteiger charge is 2.02. The van der Waals surface area contributed by atoms with Crippen LogP contribution < -0.4 is 5.32 Å². The molecule has 2 aromatic carbocycles. The van der Waals surface area contributed by atoms with Crippen molar-refractivity contribution < 1.29 is 9.50 Å². The van der Waals surface area contributed by atoms with Crippen LogP contribution >= 0.6 is 0 Å². The van der Waals surface area contributed by atoms with Gasteiger partial charge < -0.3 is 10.4 Å². The summed E-state index contributed by atoms with van der Waals surface area (Å²) in [6.45, 7) is 2.29. The third kappa shape index (κ3) is 2.75. The molecule has 0 saturated carbocycles. The molecule has 0 aliphatic heterocycles. The number of rotatable bonds is 3. The molecular weight excluding hydrogens is 217 g/mol. The fourth-order valence-corrected chi connectivity index (χ4v) is 1.66. The quantitative estimate of drug-likeness (QED) is 0.848. The third-order valence-electron chi connectivity index (χ3n) is 2.66. The molecule has 2 rings (SSSR count). The topological polar surface area (TPSA) is 32.3 Å². The van der Waals surface area contributed by atoms with Gasteiger partial charge in [0, 0.05) is 17.8 Å². The van der Waals surface area contributed by atoms with Gasteiger partial charge in [0.2, 0.25) is 0 Å². The normalized spacial score (nSPS) is 10.2. The van der Waals surface area contributed by atoms with Crippen LogP contribution in [0.3, 0.4) is 0 Å². The van der Waals surface area contributed by atoms with Crippen LogP contribution in [-0.2, 0) is 6.54 Å². The maximum atomic E-state index is 13.3. The molecule has 2 aromatic rings. The summed E-state index contributed by atoms with van der Waals surface area (Å²) >= 11 is 0. The number of nitrogens with one attached hydrogen (secondary N) is 1. The third-order valence-corrected chi connectivity index (χ3v) is 2.66. The average molecular weight is 231 g/mol. The zero-order valence-electron chi connectivity index (χ0n) is 9.57. The maximum Gasteiger partial charge on any atom is 0.128 e. The maximum absolute atomic E-state index is 13.3. The van der Waals surface area contributed by atoms with Crippen molar-refractivity contribution in [2.75, 3.05) is 5.32 Å². The van der Waals surface area contributed by atoms with E-state index in [0.29, 0.717) is 12.1 Å². The largest absolute Gasteiger partial charge is 0.508 e. The highest BCUT2D eigenvalue weighted by atomic mass is 19.1. The van der Waals surface area contributed by atoms with Gasteiger partial charge in [0.1, 0.15) is 11.6 Å². The fraction of sp³-hybridized carbons (Fsp3) is 0.143. The number of hydrogen-bond acceptors (Lipinski definition) is 2. The van der Waals surface area contributed by atoms with Crippen molar-refractivity contribution in [3.63, 3.8) is 0 Å². The number of anilines is 1. The summed E-state index contributed by atoms with van der Waals surface area (Å²) in [5.74, 6) is 0.0196. The number of phenolic OH excluding ortho intramolecular Hbond substituents is 1. The standard InChI is InChI=1S/C14H14FNO/c1-10-13(15)6-3-7-14(10)16-9-11-4-2-5-12(17)8-11/h2-8,16-17H,9H2,1H3. The lowest BCUT2D eigenvalue weighted by Crippen LogP contribution is -2.01. The van der Waals surface area contributed by atoms with Gasteiger partial charge in [-0.15, -0.1) is 0 Å². The second-order valence-electron chi connectivity index (χ2n) is 3.94. The van der Waals surface area contributed by atoms with E-state index in [1.54, 1.807) is 31.2 Å². The molecule has 0 bridgehead atoms. The predicted molar refractivity (Wildman–Crippen MR) is 66.6 cm³/mol. The van der Waals surface area contributed by atoms with Gasteiger partial charge in [-0.05, 0) is 36.8 Å². The zero-order chi connectivity index (χ0) is 12.3. The number of hydrogen-bond donors (Lipinski definition) is 2. The first-order valence-corrected chi connectivity index (χ1v) is 5.44. The summed E-state index contributed by atoms with van der Waals surface area (Å²) in [4.78, 5) is 0. The van der Waals surface area contributed by atoms with Crippen LogP contribution in [0.5, 0.6) is 5.75 Å². The van der Waals surface area contributed by atoms with Crippen LogP contribution in [0.1, 0.15) is 11.1 Å². The second-order valence-corrected chi connectivity index (χ2v) is 3.94. The molecule has 88 valence electrons. The van der Waals surface area contributed by atoms with Crippen molar-refractivity contribution in [3.8, 4) is 5.75 Å². The number of halogens is 1. The van der Waals surface area contributed by atoms with Gasteiger partial charge in [-0.3, -0.25) is 0 Å². The average Bonchev–Trinajstić information content (AvgIpc) is 2.31. The zero-order valence-corrected chi connectivity index (χ0v) is 9.57. The Morgan fingerprint density at radius 1 is 1.18 bits per heavy atom. The number of benzene rings is 2. The van der Waals surface area contributed by atoms with Crippen LogP contribution in [-0.4, -0.2) is 5.11 Å². The first-order valence-electron chi connectivity index (χ1n) is 5.44. The minimum atomic E-state index is -0.217. The minimum absolute atomic E-state index is 0.217. The fourth-order valence-electron chi connectivity index (χ4n) is 1.66. The van der Waals surface area contributed by atoms with Gasteiger partial charge in [0.15, 0.2) is 0 Å². The van der Waals surface area contributed by atoms with Crippen LogP contribution in [0, 0.1) is 12.7 Å². The van der Waals surface area contributed by atoms with Crippen molar-refractivity contribution in [2.24, 2.45) is 0 Å². The highest BCUT2D eigenvalue weighted by molar-refractivity contribution is 5.51. The van der Waals surface area contributed by atoms with Gasteiger partial charge in [-0.1, -0.05) is 18.2 Å². The first-order chi connectivity index (χ1) is 8.16. The van der Waals surface area contributed by atoms with E-state index < -0.39 is 0 Å². The van der Waals surface area contributed by atoms with E-state index in [0.717, 1.165) is 11.3 Å². The Morgan fingerprint density at radius 3 is 2.71 bits per heavy atom. The van der Waals surface area contributed by atoms with Crippen molar-refractivity contribution in [2.45, 2.75) is 13.5 Å². The van der Waals surface area contributed by atoms with E-state index >= 15 is 0 Å². The summed E-state index contributed by atoms with van der Waals surface area (Å²) in [5.41, 5.74) is 2.33. The molecule has 0 spiro atoms. The van der Waals surface area contributed by atoms with E-state index in [9.17, 15) is 9.50 Å². The summed E-state index contributed by atoms with van der Waals surface area (Å²) < 4.78 is 13.3. The van der Waals surface area contributed by atoms with E-state index in [2.05, 4.69) is 5.32 Å². The van der Waals surface area contributed by atoms with Gasteiger partial charge in [0.25, 0.3) is 0 Å². The highest BCUT2D eigenvalue weighted by Crippen LogP contribution is 2.19. The minimum Gasteiger partial charge on any atom is -0.508 e. The Labute approximate surface area is 99.7 Å². The van der Waals surface area contributed by atoms with E-state index in [1.165, 1.54) is 6.07 Å². The Hall–Kier alpha value is -2.03. The molecule has 0 fully saturated rings. The van der Waals surface area contributed by atoms with Gasteiger partial charge in [-0.2, -0.15) is 0 Å². The molecule has 0 unspecified atom stereocenters. The summed E-state index contributed by atoms with van der Waals surface area (Å²) in [6.07, 6.45) is 0. The van der Waals surface area contributed by atoms with Crippen molar-refractivity contribution in [1.82, 2.24) is 0 Å². The molecule has 0 amide bonds. The van der Waals surface area contributed by atoms with E-state index in [4.69, 9.17) is 0 Å². The summed E-state index contributed by atoms with van der Waals surface area (Å²) in [6, 6.07) is 11.9. The predicted octanol–water partition coefficient (Wildman–Crippen LogP) is 3.45. The van der Waals surface area contributed by atoms with E-state index in [-0.39, 0.29) is 11.6 Å². The molecule has 3 heteroatoms. The molecule has 0 aliphatic rings. The summed E-state index contributed by atoms with van der Waals surface area (Å²) in [5, 5.41) is 12.5. The lowest BCUT2D eigenvalue weighted by molar-refractivity contribution is 0.474. The smallest absolute Gasteiger partial charge is 0.128 e. The molecule has 0 saturated heterocycles. The number of aromatic hydroxyl groups is 1. The molecule has 0 aliphatic carbocycles. The first kappa shape index (κ1) is 11.5. The van der Waals surface area contributed by atoms with Crippen molar-refractivity contribution in [1.29, 1.82) is 0 Å². The Bertz CT molecular complexity index is 525. The van der Waals surface area contributed by atoms with Crippen molar-refractivity contribution >= 4 is 5.69 Å². The van der Waals surface area contributed by atoms with Gasteiger partial charge in [0.05, 0.1) is 0 Å². The molecule has 0 heterocycles. The van der Waals surface area contributed by atoms with Crippen molar-refractivity contribution in [3.05, 3.63) is 59.4 Å². The van der Waals surface area contributed by atoms with Gasteiger partial charge >= 0.3 is 0 Å². The monoisotopic (exact) mass is 231 g/mol. The molecule has 0 atom stereocenters. The lowest BCUT2D eigenvalue weighted by Gasteiger charge is -2.10. The van der Waals surface area contributed by atoms with Gasteiger partial charge in [-0.25, -0.2) is 4.39 Å². The van der Waals surface area contributed by atoms with Crippen LogP contribution in [0.2, 0.25) is 0 Å². The van der Waals surface area contributed by atoms with Crippen LogP contribution in [0.25, 0.3) is 0 Å². The Morgan fingerprint density at radius 2 is 1.94 bits per heavy atom. The molecule has 17 heavy (non-hydrogen) atoms. The SMILES string of the molecule is Cc1c(F)cccc1NCc1cccc(O)c1. The molecule has 0 radical (unpaired) electrons. The Kier molecular flexibility index (Phi) is 3.28. The molecular formula is C14H14FNO. The Balaban J connectivity index is 2.10. The number of phenols is 1. The van der Waals surface area contributed by atoms with Crippen LogP contribution in [0.4, 0.5) is 10.1 Å². The lowest BCUT2D eigenvalue weighted by atomic mass is 10.1. The molecule has 2 nitrogen and oxygen atoms in total. The van der Waals surface area contributed by atoms with Crippen LogP contribution in [0.15, 0.2) is 42.5 Å².